The summed E-state index contributed by atoms with van der Waals surface area (Å²) in [6, 6.07) is 15.3. The summed E-state index contributed by atoms with van der Waals surface area (Å²) in [6.45, 7) is 6.66. The number of rotatable bonds is 7. The van der Waals surface area contributed by atoms with Gasteiger partial charge in [-0.3, -0.25) is 14.8 Å². The van der Waals surface area contributed by atoms with Crippen molar-refractivity contribution >= 4 is 39.4 Å². The Hall–Kier alpha value is -3.76. The number of nitrogens with zero attached hydrogens (tertiary/aromatic N) is 2. The number of benzene rings is 2. The van der Waals surface area contributed by atoms with Crippen LogP contribution in [0.4, 0.5) is 15.0 Å². The van der Waals surface area contributed by atoms with Gasteiger partial charge in [0, 0.05) is 18.2 Å². The summed E-state index contributed by atoms with van der Waals surface area (Å²) >= 11 is 1.17. The maximum atomic E-state index is 13.6. The number of ether oxygens (including phenoxy) is 1. The predicted octanol–water partition coefficient (Wildman–Crippen LogP) is 5.64. The first kappa shape index (κ1) is 24.9. The second-order valence-electron chi connectivity index (χ2n) is 9.67. The van der Waals surface area contributed by atoms with Gasteiger partial charge in [-0.05, 0) is 75.2 Å². The molecule has 8 nitrogen and oxygen atoms in total. The number of nitrogens with one attached hydrogen (secondary N) is 3. The first-order valence-electron chi connectivity index (χ1n) is 12.1. The van der Waals surface area contributed by atoms with Crippen LogP contribution in [-0.2, 0) is 12.1 Å². The van der Waals surface area contributed by atoms with Crippen LogP contribution in [0.2, 0.25) is 0 Å². The molecule has 1 aliphatic rings. The number of hydrogen-bond donors (Lipinski definition) is 3. The molecule has 2 aromatic carbocycles. The van der Waals surface area contributed by atoms with Gasteiger partial charge in [0.2, 0.25) is 0 Å². The maximum absolute atomic E-state index is 13.6. The fourth-order valence-corrected chi connectivity index (χ4v) is 5.25. The largest absolute Gasteiger partial charge is 0.414 e. The van der Waals surface area contributed by atoms with Crippen LogP contribution in [0.15, 0.2) is 54.6 Å². The molecule has 0 atom stereocenters. The van der Waals surface area contributed by atoms with E-state index in [1.54, 1.807) is 32.0 Å². The van der Waals surface area contributed by atoms with E-state index in [9.17, 15) is 14.0 Å². The molecule has 5 rings (SSSR count). The van der Waals surface area contributed by atoms with E-state index in [2.05, 4.69) is 25.7 Å². The number of carbonyl (C=O) groups is 2. The van der Waals surface area contributed by atoms with Crippen LogP contribution in [0, 0.1) is 5.82 Å². The molecule has 3 heterocycles. The molecule has 2 amide bonds. The number of aromatic amines is 1. The van der Waals surface area contributed by atoms with Gasteiger partial charge in [0.1, 0.15) is 11.6 Å². The van der Waals surface area contributed by atoms with Crippen molar-refractivity contribution < 1.29 is 18.7 Å². The number of likely N-dealkylation sites (tertiary alicyclic amines) is 1. The second-order valence-corrected chi connectivity index (χ2v) is 10.7. The normalized spacial score (nSPS) is 14.1. The summed E-state index contributed by atoms with van der Waals surface area (Å²) in [6.07, 6.45) is 1.81. The number of thiophene rings is 1. The molecule has 10 heteroatoms. The summed E-state index contributed by atoms with van der Waals surface area (Å²) in [5.41, 5.74) is 1.49. The van der Waals surface area contributed by atoms with Crippen LogP contribution in [0.5, 0.6) is 5.06 Å². The lowest BCUT2D eigenvalue weighted by Crippen LogP contribution is -2.42. The van der Waals surface area contributed by atoms with Gasteiger partial charge in [-0.25, -0.2) is 9.18 Å². The molecule has 0 saturated carbocycles. The summed E-state index contributed by atoms with van der Waals surface area (Å²) in [4.78, 5) is 28.4. The highest BCUT2D eigenvalue weighted by molar-refractivity contribution is 7.20. The van der Waals surface area contributed by atoms with E-state index in [0.717, 1.165) is 19.6 Å². The van der Waals surface area contributed by atoms with Gasteiger partial charge in [-0.15, -0.1) is 0 Å². The average molecular weight is 522 g/mol. The van der Waals surface area contributed by atoms with Crippen LogP contribution in [0.3, 0.4) is 0 Å². The zero-order valence-corrected chi connectivity index (χ0v) is 21.5. The highest BCUT2D eigenvalue weighted by Crippen LogP contribution is 2.35. The Kier molecular flexibility index (Phi) is 6.94. The number of aromatic nitrogens is 2. The van der Waals surface area contributed by atoms with E-state index in [-0.39, 0.29) is 11.7 Å². The molecule has 0 radical (unpaired) electrons. The maximum Gasteiger partial charge on any atom is 0.414 e. The number of anilines is 1. The van der Waals surface area contributed by atoms with Gasteiger partial charge in [-0.1, -0.05) is 35.6 Å². The SMILES string of the molecule is CC(C)(NC(=O)Oc1cc2c(NC(=O)c3ccc(CN4CCCC4)cc3)[nH]nc2s1)c1cccc(F)c1. The quantitative estimate of drug-likeness (QED) is 0.293. The zero-order valence-electron chi connectivity index (χ0n) is 20.6. The molecule has 0 spiro atoms. The second kappa shape index (κ2) is 10.3. The van der Waals surface area contributed by atoms with Crippen LogP contribution in [0.1, 0.15) is 48.2 Å². The number of fused-ring (bicyclic) bond motifs is 1. The molecule has 37 heavy (non-hydrogen) atoms. The zero-order chi connectivity index (χ0) is 26.0. The van der Waals surface area contributed by atoms with Crippen molar-refractivity contribution in [3.8, 4) is 5.06 Å². The Bertz CT molecular complexity index is 1420. The highest BCUT2D eigenvalue weighted by atomic mass is 32.1. The molecule has 2 aromatic heterocycles. The standard InChI is InChI=1S/C27H28FN5O3S/c1-27(2,19-6-5-7-20(28)14-19)30-26(35)36-22-15-21-23(31-32-25(21)37-22)29-24(34)18-10-8-17(9-11-18)16-33-12-3-4-13-33/h5-11,14-15H,3-4,12-13,16H2,1-2H3,(H,30,35)(H2,29,31,32,34). The van der Waals surface area contributed by atoms with Gasteiger partial charge in [0.15, 0.2) is 9.89 Å². The van der Waals surface area contributed by atoms with Gasteiger partial charge >= 0.3 is 6.09 Å². The highest BCUT2D eigenvalue weighted by Gasteiger charge is 2.25. The lowest BCUT2D eigenvalue weighted by molar-refractivity contribution is 0.102. The molecule has 0 unspecified atom stereocenters. The molecule has 0 bridgehead atoms. The van der Waals surface area contributed by atoms with E-state index >= 15 is 0 Å². The molecule has 3 N–H and O–H groups in total. The van der Waals surface area contributed by atoms with Gasteiger partial charge in [0.25, 0.3) is 5.91 Å². The molecule has 1 fully saturated rings. The number of H-pyrrole nitrogens is 1. The van der Waals surface area contributed by atoms with Gasteiger partial charge in [0.05, 0.1) is 10.9 Å². The summed E-state index contributed by atoms with van der Waals surface area (Å²) in [5, 5.41) is 13.6. The lowest BCUT2D eigenvalue weighted by atomic mass is 9.94. The number of hydrogen-bond acceptors (Lipinski definition) is 6. The summed E-state index contributed by atoms with van der Waals surface area (Å²) in [7, 11) is 0. The number of carbonyl (C=O) groups excluding carboxylic acids is 2. The molecule has 1 saturated heterocycles. The first-order chi connectivity index (χ1) is 17.8. The molecule has 4 aromatic rings. The Morgan fingerprint density at radius 2 is 1.89 bits per heavy atom. The van der Waals surface area contributed by atoms with Crippen molar-refractivity contribution in [3.05, 3.63) is 77.1 Å². The Morgan fingerprint density at radius 3 is 2.62 bits per heavy atom. The third-order valence-corrected chi connectivity index (χ3v) is 7.35. The van der Waals surface area contributed by atoms with Crippen molar-refractivity contribution in [2.24, 2.45) is 0 Å². The number of amides is 2. The Balaban J connectivity index is 1.21. The van der Waals surface area contributed by atoms with Crippen LogP contribution >= 0.6 is 11.3 Å². The van der Waals surface area contributed by atoms with Crippen LogP contribution in [0.25, 0.3) is 10.2 Å². The van der Waals surface area contributed by atoms with Gasteiger partial charge in [-0.2, -0.15) is 5.10 Å². The van der Waals surface area contributed by atoms with Crippen molar-refractivity contribution in [3.63, 3.8) is 0 Å². The Morgan fingerprint density at radius 1 is 1.14 bits per heavy atom. The Labute approximate surface area is 217 Å². The minimum absolute atomic E-state index is 0.262. The van der Waals surface area contributed by atoms with E-state index in [4.69, 9.17) is 4.74 Å². The summed E-state index contributed by atoms with van der Waals surface area (Å²) in [5.74, 6) is -0.220. The molecular formula is C27H28FN5O3S. The first-order valence-corrected chi connectivity index (χ1v) is 12.9. The lowest BCUT2D eigenvalue weighted by Gasteiger charge is -2.26. The molecule has 192 valence electrons. The monoisotopic (exact) mass is 521 g/mol. The molecule has 0 aliphatic carbocycles. The van der Waals surface area contributed by atoms with E-state index in [0.29, 0.717) is 32.2 Å². The average Bonchev–Trinajstić information content (AvgIpc) is 3.59. The fraction of sp³-hybridized carbons (Fsp3) is 0.296. The third-order valence-electron chi connectivity index (χ3n) is 6.44. The van der Waals surface area contributed by atoms with Crippen molar-refractivity contribution in [1.29, 1.82) is 0 Å². The number of halogens is 1. The van der Waals surface area contributed by atoms with Crippen molar-refractivity contribution in [2.75, 3.05) is 18.4 Å². The van der Waals surface area contributed by atoms with E-state index in [1.165, 1.54) is 41.9 Å². The third kappa shape index (κ3) is 5.81. The topological polar surface area (TPSA) is 99.4 Å². The predicted molar refractivity (Wildman–Crippen MR) is 141 cm³/mol. The smallest absolute Gasteiger partial charge is 0.399 e. The minimum atomic E-state index is -0.847. The molecule has 1 aliphatic heterocycles. The van der Waals surface area contributed by atoms with Gasteiger partial charge < -0.3 is 15.4 Å². The van der Waals surface area contributed by atoms with E-state index < -0.39 is 11.6 Å². The minimum Gasteiger partial charge on any atom is -0.399 e. The van der Waals surface area contributed by atoms with Crippen LogP contribution < -0.4 is 15.4 Å². The summed E-state index contributed by atoms with van der Waals surface area (Å²) < 4.78 is 19.1. The van der Waals surface area contributed by atoms with Crippen molar-refractivity contribution in [2.45, 2.75) is 38.8 Å². The van der Waals surface area contributed by atoms with E-state index in [1.807, 2.05) is 24.3 Å². The molecular weight excluding hydrogens is 493 g/mol. The fourth-order valence-electron chi connectivity index (χ4n) is 4.40. The van der Waals surface area contributed by atoms with Crippen molar-refractivity contribution in [1.82, 2.24) is 20.4 Å². The van der Waals surface area contributed by atoms with Crippen LogP contribution in [-0.4, -0.2) is 40.2 Å².